The number of benzene rings is 1. The molecule has 1 fully saturated rings. The van der Waals surface area contributed by atoms with E-state index in [1.165, 1.54) is 11.5 Å². The maximum Gasteiger partial charge on any atom is 0.303 e. The van der Waals surface area contributed by atoms with Crippen LogP contribution in [0.1, 0.15) is 47.1 Å². The number of aliphatic hydroxyl groups excluding tert-OH is 1. The Morgan fingerprint density at radius 2 is 2.07 bits per heavy atom. The average molecular weight is 481 g/mol. The van der Waals surface area contributed by atoms with Crippen molar-refractivity contribution >= 4 is 51.8 Å². The number of halogens is 3. The normalized spacial score (nSPS) is 25.5. The van der Waals surface area contributed by atoms with Gasteiger partial charge in [-0.05, 0) is 30.1 Å². The van der Waals surface area contributed by atoms with Crippen molar-refractivity contribution < 1.29 is 25.5 Å². The van der Waals surface area contributed by atoms with E-state index in [0.29, 0.717) is 21.1 Å². The number of carbonyl (C=O) groups is 1. The van der Waals surface area contributed by atoms with Gasteiger partial charge in [0.25, 0.3) is 0 Å². The summed E-state index contributed by atoms with van der Waals surface area (Å²) in [7, 11) is 0. The Morgan fingerprint density at radius 3 is 2.77 bits per heavy atom. The Labute approximate surface area is 191 Å². The molecule has 7 nitrogen and oxygen atoms in total. The number of aliphatic hydroxyl groups is 1. The first-order valence-electron chi connectivity index (χ1n) is 10.3. The topological polar surface area (TPSA) is 82.8 Å². The monoisotopic (exact) mass is 479 g/mol. The molecule has 2 unspecified atom stereocenters. The van der Waals surface area contributed by atoms with Crippen molar-refractivity contribution in [3.8, 4) is 0 Å². The molecular formula is C20H25Cl3N2O5. The smallest absolute Gasteiger partial charge is 0.303 e. The predicted octanol–water partition coefficient (Wildman–Crippen LogP) is 4.78. The summed E-state index contributed by atoms with van der Waals surface area (Å²) in [6, 6.07) is 3.15. The van der Waals surface area contributed by atoms with E-state index >= 15 is 0 Å². The van der Waals surface area contributed by atoms with Gasteiger partial charge in [0.15, 0.2) is 12.3 Å². The summed E-state index contributed by atoms with van der Waals surface area (Å²) in [4.78, 5) is 15.9. The minimum Gasteiger partial charge on any atom is -0.455 e. The van der Waals surface area contributed by atoms with E-state index < -0.39 is 30.5 Å². The lowest BCUT2D eigenvalue weighted by Gasteiger charge is -2.22. The first-order valence-corrected chi connectivity index (χ1v) is 10.9. The van der Waals surface area contributed by atoms with Crippen LogP contribution in [0.25, 0.3) is 11.0 Å². The highest BCUT2D eigenvalue weighted by atomic mass is 35.5. The fraction of sp³-hybridized carbons (Fsp3) is 0.600. The second-order valence-electron chi connectivity index (χ2n) is 7.10. The first-order chi connectivity index (χ1) is 14.7. The van der Waals surface area contributed by atoms with Gasteiger partial charge in [0.2, 0.25) is 5.28 Å². The van der Waals surface area contributed by atoms with E-state index in [-0.39, 0.29) is 24.9 Å². The first kappa shape index (κ1) is 22.1. The molecule has 0 radical (unpaired) electrons. The van der Waals surface area contributed by atoms with Gasteiger partial charge in [0.1, 0.15) is 12.2 Å². The van der Waals surface area contributed by atoms with E-state index in [1.54, 1.807) is 12.1 Å². The van der Waals surface area contributed by atoms with Crippen LogP contribution in [0, 0.1) is 0 Å². The zero-order valence-electron chi connectivity index (χ0n) is 17.7. The molecule has 10 heteroatoms. The van der Waals surface area contributed by atoms with Crippen molar-refractivity contribution in [2.75, 3.05) is 13.2 Å². The van der Waals surface area contributed by atoms with Crippen LogP contribution in [0.5, 0.6) is 0 Å². The van der Waals surface area contributed by atoms with Gasteiger partial charge in [-0.15, -0.1) is 0 Å². The third-order valence-corrected chi connectivity index (χ3v) is 5.83. The summed E-state index contributed by atoms with van der Waals surface area (Å²) >= 11 is 18.6. The Morgan fingerprint density at radius 1 is 1.33 bits per heavy atom. The fourth-order valence-electron chi connectivity index (χ4n) is 3.38. The van der Waals surface area contributed by atoms with E-state index in [2.05, 4.69) is 11.9 Å². The largest absolute Gasteiger partial charge is 0.455 e. The number of rotatable bonds is 9. The van der Waals surface area contributed by atoms with Crippen LogP contribution in [0.2, 0.25) is 15.3 Å². The molecule has 2 heterocycles. The van der Waals surface area contributed by atoms with Crippen molar-refractivity contribution in [2.24, 2.45) is 0 Å². The van der Waals surface area contributed by atoms with Crippen molar-refractivity contribution in [1.29, 1.82) is 0 Å². The molecule has 0 bridgehead atoms. The highest BCUT2D eigenvalue weighted by Gasteiger charge is 2.48. The molecule has 5 atom stereocenters. The molecule has 1 aliphatic heterocycles. The molecule has 1 aromatic carbocycles. The van der Waals surface area contributed by atoms with Crippen LogP contribution in [-0.4, -0.2) is 52.2 Å². The summed E-state index contributed by atoms with van der Waals surface area (Å²) in [5.74, 6) is -0.577. The molecule has 0 amide bonds. The molecule has 0 spiro atoms. The van der Waals surface area contributed by atoms with E-state index in [0.717, 1.165) is 19.3 Å². The van der Waals surface area contributed by atoms with Crippen LogP contribution in [0.4, 0.5) is 0 Å². The SMILES string of the molecule is [2H]C(CCCC)COC[C@H]1OC(n2c(Cl)nc3cc(Cl)c(Cl)cc32)[C@H](OC(C)=O)[C@@H]1O. The second kappa shape index (κ2) is 10.5. The molecular weight excluding hydrogens is 455 g/mol. The molecule has 0 aliphatic carbocycles. The third-order valence-electron chi connectivity index (χ3n) is 4.84. The Balaban J connectivity index is 1.82. The quantitative estimate of drug-likeness (QED) is 0.520. The van der Waals surface area contributed by atoms with Crippen molar-refractivity contribution in [3.63, 3.8) is 0 Å². The fourth-order valence-corrected chi connectivity index (χ4v) is 3.98. The molecule has 3 rings (SSSR count). The molecule has 30 heavy (non-hydrogen) atoms. The molecule has 1 N–H and O–H groups in total. The third kappa shape index (κ3) is 5.21. The van der Waals surface area contributed by atoms with Gasteiger partial charge in [0, 0.05) is 14.9 Å². The van der Waals surface area contributed by atoms with Gasteiger partial charge in [-0.25, -0.2) is 4.98 Å². The molecule has 2 aromatic rings. The van der Waals surface area contributed by atoms with Gasteiger partial charge in [0.05, 0.1) is 27.7 Å². The van der Waals surface area contributed by atoms with Crippen LogP contribution in [0.3, 0.4) is 0 Å². The van der Waals surface area contributed by atoms with E-state index in [9.17, 15) is 9.90 Å². The maximum atomic E-state index is 11.7. The summed E-state index contributed by atoms with van der Waals surface area (Å²) in [6.45, 7) is 3.57. The van der Waals surface area contributed by atoms with Gasteiger partial charge >= 0.3 is 5.97 Å². The van der Waals surface area contributed by atoms with Crippen LogP contribution in [0.15, 0.2) is 12.1 Å². The second-order valence-corrected chi connectivity index (χ2v) is 8.26. The highest BCUT2D eigenvalue weighted by Crippen LogP contribution is 2.38. The van der Waals surface area contributed by atoms with E-state index in [1.807, 2.05) is 0 Å². The molecule has 1 aromatic heterocycles. The number of hydrogen-bond acceptors (Lipinski definition) is 6. The van der Waals surface area contributed by atoms with Crippen molar-refractivity contribution in [1.82, 2.24) is 9.55 Å². The average Bonchev–Trinajstić information content (AvgIpc) is 3.16. The lowest BCUT2D eigenvalue weighted by atomic mass is 10.1. The summed E-state index contributed by atoms with van der Waals surface area (Å²) in [5, 5.41) is 11.5. The number of unbranched alkanes of at least 4 members (excludes halogenated alkanes) is 1. The lowest BCUT2D eigenvalue weighted by molar-refractivity contribution is -0.155. The molecule has 166 valence electrons. The number of aromatic nitrogens is 2. The van der Waals surface area contributed by atoms with Gasteiger partial charge in [-0.1, -0.05) is 49.4 Å². The number of esters is 1. The van der Waals surface area contributed by atoms with E-state index in [4.69, 9.17) is 50.4 Å². The maximum absolute atomic E-state index is 11.7. The minimum absolute atomic E-state index is 0.0355. The lowest BCUT2D eigenvalue weighted by Crippen LogP contribution is -2.37. The standard InChI is InChI=1S/C20H25Cl3N2O5/c1-3-4-5-6-7-28-10-16-17(27)18(29-11(2)26)19(30-16)25-15-9-13(22)12(21)8-14(15)24-20(25)23/h8-9,16-19,27H,3-7,10H2,1-2H3/t16-,17-,18-,19?/m1/s1/i6D/t6?,16-,17-,18-,19?. The zero-order chi connectivity index (χ0) is 22.7. The van der Waals surface area contributed by atoms with Gasteiger partial charge < -0.3 is 19.3 Å². The van der Waals surface area contributed by atoms with Crippen molar-refractivity contribution in [3.05, 3.63) is 27.5 Å². The summed E-state index contributed by atoms with van der Waals surface area (Å²) < 4.78 is 26.5. The number of carbonyl (C=O) groups excluding carboxylic acids is 1. The zero-order valence-corrected chi connectivity index (χ0v) is 19.0. The van der Waals surface area contributed by atoms with Gasteiger partial charge in [-0.3, -0.25) is 9.36 Å². The predicted molar refractivity (Wildman–Crippen MR) is 115 cm³/mol. The molecule has 1 aliphatic rings. The van der Waals surface area contributed by atoms with Gasteiger partial charge in [-0.2, -0.15) is 0 Å². The Bertz CT molecular complexity index is 928. The summed E-state index contributed by atoms with van der Waals surface area (Å²) in [6.07, 6.45) is -1.58. The van der Waals surface area contributed by atoms with Crippen LogP contribution in [-0.2, 0) is 19.0 Å². The number of imidazole rings is 1. The molecule has 1 saturated heterocycles. The van der Waals surface area contributed by atoms with Crippen LogP contribution < -0.4 is 0 Å². The summed E-state index contributed by atoms with van der Waals surface area (Å²) in [5.41, 5.74) is 0.993. The number of fused-ring (bicyclic) bond motifs is 1. The minimum atomic E-state index is -1.16. The Hall–Kier alpha value is -1.09. The van der Waals surface area contributed by atoms with Crippen molar-refractivity contribution in [2.45, 2.75) is 64.0 Å². The molecule has 0 saturated carbocycles. The highest BCUT2D eigenvalue weighted by molar-refractivity contribution is 6.42. The number of nitrogens with zero attached hydrogens (tertiary/aromatic N) is 2. The van der Waals surface area contributed by atoms with Crippen LogP contribution >= 0.6 is 34.8 Å². The Kier molecular flexibility index (Phi) is 7.73. The number of ether oxygens (including phenoxy) is 3. The number of hydrogen-bond donors (Lipinski definition) is 1.